The van der Waals surface area contributed by atoms with Crippen molar-refractivity contribution in [2.45, 2.75) is 22.7 Å². The Labute approximate surface area is 101 Å². The molecule has 0 unspecified atom stereocenters. The minimum atomic E-state index is -0.589. The van der Waals surface area contributed by atoms with Gasteiger partial charge in [0, 0.05) is 16.6 Å². The van der Waals surface area contributed by atoms with Crippen LogP contribution in [0.2, 0.25) is 0 Å². The largest absolute Gasteiger partial charge is 0.387 e. The van der Waals surface area contributed by atoms with Gasteiger partial charge in [0.25, 0.3) is 0 Å². The highest BCUT2D eigenvalue weighted by atomic mass is 32.2. The Morgan fingerprint density at radius 2 is 2.35 bits per heavy atom. The van der Waals surface area contributed by atoms with Crippen molar-refractivity contribution in [3.63, 3.8) is 0 Å². The number of halogens is 1. The third-order valence-corrected chi connectivity index (χ3v) is 4.11. The van der Waals surface area contributed by atoms with Crippen LogP contribution in [0.25, 0.3) is 0 Å². The first-order chi connectivity index (χ1) is 8.24. The van der Waals surface area contributed by atoms with Crippen molar-refractivity contribution in [1.82, 2.24) is 15.2 Å². The van der Waals surface area contributed by atoms with E-state index in [9.17, 15) is 9.50 Å². The number of thioether (sulfide) groups is 1. The molecule has 0 saturated heterocycles. The Bertz CT molecular complexity index is 532. The molecule has 0 spiro atoms. The average molecular weight is 251 g/mol. The second kappa shape index (κ2) is 4.12. The number of aliphatic hydroxyl groups excluding tert-OH is 1. The van der Waals surface area contributed by atoms with Crippen molar-refractivity contribution in [3.05, 3.63) is 41.7 Å². The lowest BCUT2D eigenvalue weighted by Crippen LogP contribution is -2.13. The molecule has 2 N–H and O–H groups in total. The highest BCUT2D eigenvalue weighted by Gasteiger charge is 2.32. The Kier molecular flexibility index (Phi) is 2.60. The molecule has 0 saturated carbocycles. The number of aliphatic hydroxyl groups is 1. The number of nitrogens with one attached hydrogen (secondary N) is 1. The topological polar surface area (TPSA) is 61.8 Å². The van der Waals surface area contributed by atoms with Crippen LogP contribution >= 0.6 is 11.8 Å². The van der Waals surface area contributed by atoms with Crippen molar-refractivity contribution in [3.8, 4) is 0 Å². The van der Waals surface area contributed by atoms with Gasteiger partial charge in [0.15, 0.2) is 5.82 Å². The number of benzene rings is 1. The Hall–Kier alpha value is -1.40. The summed E-state index contributed by atoms with van der Waals surface area (Å²) >= 11 is 1.47. The lowest BCUT2D eigenvalue weighted by molar-refractivity contribution is 0.175. The van der Waals surface area contributed by atoms with E-state index in [4.69, 9.17) is 0 Å². The van der Waals surface area contributed by atoms with Crippen LogP contribution in [-0.2, 0) is 6.42 Å². The van der Waals surface area contributed by atoms with Crippen LogP contribution in [0.4, 0.5) is 4.39 Å². The molecule has 0 bridgehead atoms. The van der Waals surface area contributed by atoms with Gasteiger partial charge >= 0.3 is 0 Å². The van der Waals surface area contributed by atoms with Crippen LogP contribution in [0.1, 0.15) is 17.5 Å². The zero-order chi connectivity index (χ0) is 11.8. The highest BCUT2D eigenvalue weighted by molar-refractivity contribution is 8.00. The van der Waals surface area contributed by atoms with E-state index >= 15 is 0 Å². The lowest BCUT2D eigenvalue weighted by atomic mass is 10.0. The van der Waals surface area contributed by atoms with Gasteiger partial charge in [0.2, 0.25) is 0 Å². The predicted octanol–water partition coefficient (Wildman–Crippen LogP) is 1.69. The fourth-order valence-corrected chi connectivity index (χ4v) is 3.29. The SMILES string of the molecule is O[C@@H]1c2ccc(F)cc2S[C@@H]1Cc1nc[nH]n1. The predicted molar refractivity (Wildman–Crippen MR) is 61.1 cm³/mol. The molecular weight excluding hydrogens is 241 g/mol. The summed E-state index contributed by atoms with van der Waals surface area (Å²) < 4.78 is 13.1. The first-order valence-electron chi connectivity index (χ1n) is 5.23. The molecule has 0 amide bonds. The van der Waals surface area contributed by atoms with Gasteiger partial charge in [-0.2, -0.15) is 5.10 Å². The van der Waals surface area contributed by atoms with Crippen molar-refractivity contribution in [1.29, 1.82) is 0 Å². The number of nitrogens with zero attached hydrogens (tertiary/aromatic N) is 2. The maximum atomic E-state index is 13.1. The van der Waals surface area contributed by atoms with E-state index in [0.717, 1.165) is 10.5 Å². The van der Waals surface area contributed by atoms with Crippen molar-refractivity contribution in [2.75, 3.05) is 0 Å². The number of fused-ring (bicyclic) bond motifs is 1. The minimum absolute atomic E-state index is 0.0531. The third kappa shape index (κ3) is 1.94. The summed E-state index contributed by atoms with van der Waals surface area (Å²) in [6.07, 6.45) is 1.48. The fraction of sp³-hybridized carbons (Fsp3) is 0.273. The van der Waals surface area contributed by atoms with Crippen molar-refractivity contribution in [2.24, 2.45) is 0 Å². The van der Waals surface area contributed by atoms with E-state index in [2.05, 4.69) is 15.2 Å². The monoisotopic (exact) mass is 251 g/mol. The average Bonchev–Trinajstić information content (AvgIpc) is 2.89. The molecule has 0 aliphatic carbocycles. The zero-order valence-electron chi connectivity index (χ0n) is 8.80. The van der Waals surface area contributed by atoms with E-state index in [-0.39, 0.29) is 11.1 Å². The summed E-state index contributed by atoms with van der Waals surface area (Å²) in [7, 11) is 0. The molecule has 2 aromatic rings. The molecule has 6 heteroatoms. The molecule has 88 valence electrons. The molecule has 4 nitrogen and oxygen atoms in total. The van der Waals surface area contributed by atoms with Crippen LogP contribution < -0.4 is 0 Å². The van der Waals surface area contributed by atoms with Gasteiger partial charge in [0.1, 0.15) is 12.1 Å². The molecule has 1 aromatic heterocycles. The molecule has 0 radical (unpaired) electrons. The first-order valence-corrected chi connectivity index (χ1v) is 6.11. The van der Waals surface area contributed by atoms with Gasteiger partial charge in [-0.1, -0.05) is 6.07 Å². The number of H-pyrrole nitrogens is 1. The normalized spacial score (nSPS) is 22.7. The van der Waals surface area contributed by atoms with Gasteiger partial charge in [-0.25, -0.2) is 9.37 Å². The zero-order valence-corrected chi connectivity index (χ0v) is 9.62. The summed E-state index contributed by atoms with van der Waals surface area (Å²) in [4.78, 5) is 4.83. The maximum absolute atomic E-state index is 13.1. The molecule has 0 fully saturated rings. The van der Waals surface area contributed by atoms with Crippen LogP contribution in [-0.4, -0.2) is 25.5 Å². The van der Waals surface area contributed by atoms with Gasteiger partial charge in [-0.05, 0) is 17.7 Å². The quantitative estimate of drug-likeness (QED) is 0.852. The number of aromatic amines is 1. The lowest BCUT2D eigenvalue weighted by Gasteiger charge is -2.11. The smallest absolute Gasteiger partial charge is 0.151 e. The van der Waals surface area contributed by atoms with Gasteiger partial charge in [0.05, 0.1) is 6.10 Å². The Balaban J connectivity index is 1.83. The van der Waals surface area contributed by atoms with E-state index in [1.165, 1.54) is 30.2 Å². The second-order valence-electron chi connectivity index (χ2n) is 3.90. The summed E-state index contributed by atoms with van der Waals surface area (Å²) in [5.74, 6) is 0.386. The van der Waals surface area contributed by atoms with Crippen molar-refractivity contribution < 1.29 is 9.50 Å². The van der Waals surface area contributed by atoms with Crippen LogP contribution in [0.15, 0.2) is 29.4 Å². The maximum Gasteiger partial charge on any atom is 0.151 e. The van der Waals surface area contributed by atoms with Crippen LogP contribution in [0.5, 0.6) is 0 Å². The minimum Gasteiger partial charge on any atom is -0.387 e. The molecule has 3 rings (SSSR count). The molecule has 1 aromatic carbocycles. The standard InChI is InChI=1S/C11H10FN3OS/c12-6-1-2-7-8(3-6)17-9(11(7)16)4-10-13-5-14-15-10/h1-3,5,9,11,16H,4H2,(H,13,14,15)/t9-,11-/m1/s1. The Morgan fingerprint density at radius 3 is 3.12 bits per heavy atom. The van der Waals surface area contributed by atoms with Crippen LogP contribution in [0, 0.1) is 5.82 Å². The number of aromatic nitrogens is 3. The first kappa shape index (κ1) is 10.7. The summed E-state index contributed by atoms with van der Waals surface area (Å²) in [6, 6.07) is 4.47. The molecule has 1 aliphatic rings. The Morgan fingerprint density at radius 1 is 1.47 bits per heavy atom. The van der Waals surface area contributed by atoms with E-state index < -0.39 is 6.10 Å². The second-order valence-corrected chi connectivity index (χ2v) is 5.18. The number of hydrogen-bond acceptors (Lipinski definition) is 4. The van der Waals surface area contributed by atoms with E-state index in [1.54, 1.807) is 6.07 Å². The molecule has 17 heavy (non-hydrogen) atoms. The van der Waals surface area contributed by atoms with Gasteiger partial charge in [-0.15, -0.1) is 11.8 Å². The van der Waals surface area contributed by atoms with E-state index in [0.29, 0.717) is 12.2 Å². The number of rotatable bonds is 2. The van der Waals surface area contributed by atoms with Crippen LogP contribution in [0.3, 0.4) is 0 Å². The molecule has 2 atom stereocenters. The molecular formula is C11H10FN3OS. The van der Waals surface area contributed by atoms with Gasteiger partial charge in [-0.3, -0.25) is 5.10 Å². The summed E-state index contributed by atoms with van der Waals surface area (Å²) in [5.41, 5.74) is 0.789. The third-order valence-electron chi connectivity index (χ3n) is 2.77. The fourth-order valence-electron chi connectivity index (χ4n) is 1.95. The number of hydrogen-bond donors (Lipinski definition) is 2. The van der Waals surface area contributed by atoms with Crippen molar-refractivity contribution >= 4 is 11.8 Å². The van der Waals surface area contributed by atoms with Gasteiger partial charge < -0.3 is 5.11 Å². The summed E-state index contributed by atoms with van der Waals surface area (Å²) in [6.45, 7) is 0. The highest BCUT2D eigenvalue weighted by Crippen LogP contribution is 2.45. The van der Waals surface area contributed by atoms with E-state index in [1.807, 2.05) is 0 Å². The molecule has 2 heterocycles. The molecule has 1 aliphatic heterocycles. The summed E-state index contributed by atoms with van der Waals surface area (Å²) in [5, 5.41) is 16.7.